The molecule has 0 bridgehead atoms. The highest BCUT2D eigenvalue weighted by atomic mass is 35.5. The third kappa shape index (κ3) is 9.10. The number of benzene rings is 3. The number of anilines is 1. The zero-order valence-corrected chi connectivity index (χ0v) is 26.5. The molecular weight excluding hydrogens is 605 g/mol. The molecule has 11 heteroatoms. The summed E-state index contributed by atoms with van der Waals surface area (Å²) in [5.41, 5.74) is 2.18. The zero-order chi connectivity index (χ0) is 30.3. The second kappa shape index (κ2) is 14.4. The van der Waals surface area contributed by atoms with Gasteiger partial charge in [-0.05, 0) is 53.8 Å². The van der Waals surface area contributed by atoms with Crippen molar-refractivity contribution in [3.63, 3.8) is 0 Å². The summed E-state index contributed by atoms with van der Waals surface area (Å²) in [7, 11) is -3.92. The van der Waals surface area contributed by atoms with Crippen molar-refractivity contribution < 1.29 is 18.0 Å². The lowest BCUT2D eigenvalue weighted by Crippen LogP contribution is -2.53. The Labute approximate surface area is 257 Å². The van der Waals surface area contributed by atoms with E-state index in [0.29, 0.717) is 32.7 Å². The van der Waals surface area contributed by atoms with Crippen molar-refractivity contribution in [3.05, 3.63) is 98.5 Å². The van der Waals surface area contributed by atoms with Crippen LogP contribution in [0, 0.1) is 12.8 Å². The van der Waals surface area contributed by atoms with E-state index in [4.69, 9.17) is 34.8 Å². The van der Waals surface area contributed by atoms with Gasteiger partial charge in [0, 0.05) is 34.6 Å². The highest BCUT2D eigenvalue weighted by Gasteiger charge is 2.33. The fourth-order valence-electron chi connectivity index (χ4n) is 4.27. The first-order valence-corrected chi connectivity index (χ1v) is 16.0. The summed E-state index contributed by atoms with van der Waals surface area (Å²) in [6.45, 7) is 5.44. The Morgan fingerprint density at radius 3 is 2.22 bits per heavy atom. The van der Waals surface area contributed by atoms with Crippen LogP contribution in [0.2, 0.25) is 15.1 Å². The standard InChI is InChI=1S/C30H34Cl3N3O4S/c1-20(2)17-34-30(38)28(15-22-9-6-5-7-10-22)35(18-23-13-14-24(31)16-26(23)33)29(37)19-36(41(4,39)40)27-12-8-11-25(32)21(27)3/h5-14,16,20,28H,15,17-19H2,1-4H3,(H,34,38)/t28-/m1/s1. The molecule has 220 valence electrons. The maximum absolute atomic E-state index is 14.2. The van der Waals surface area contributed by atoms with E-state index in [1.807, 2.05) is 44.2 Å². The number of rotatable bonds is 12. The number of carbonyl (C=O) groups is 2. The molecule has 0 unspecified atom stereocenters. The Kier molecular flexibility index (Phi) is 11.5. The van der Waals surface area contributed by atoms with Gasteiger partial charge < -0.3 is 10.2 Å². The molecule has 0 fully saturated rings. The molecule has 1 N–H and O–H groups in total. The van der Waals surface area contributed by atoms with Crippen molar-refractivity contribution in [2.45, 2.75) is 39.8 Å². The van der Waals surface area contributed by atoms with E-state index in [9.17, 15) is 18.0 Å². The average molecular weight is 639 g/mol. The van der Waals surface area contributed by atoms with Crippen LogP contribution >= 0.6 is 34.8 Å². The first-order chi connectivity index (χ1) is 19.3. The summed E-state index contributed by atoms with van der Waals surface area (Å²) < 4.78 is 27.0. The Bertz CT molecular complexity index is 1480. The van der Waals surface area contributed by atoms with Gasteiger partial charge >= 0.3 is 0 Å². The van der Waals surface area contributed by atoms with Crippen LogP contribution in [0.3, 0.4) is 0 Å². The molecule has 7 nitrogen and oxygen atoms in total. The van der Waals surface area contributed by atoms with E-state index < -0.39 is 28.5 Å². The van der Waals surface area contributed by atoms with Crippen molar-refractivity contribution in [1.29, 1.82) is 0 Å². The van der Waals surface area contributed by atoms with Gasteiger partial charge in [-0.1, -0.05) is 91.1 Å². The summed E-state index contributed by atoms with van der Waals surface area (Å²) in [6.07, 6.45) is 1.23. The van der Waals surface area contributed by atoms with E-state index >= 15 is 0 Å². The molecule has 41 heavy (non-hydrogen) atoms. The number of nitrogens with zero attached hydrogens (tertiary/aromatic N) is 2. The number of hydrogen-bond acceptors (Lipinski definition) is 4. The van der Waals surface area contributed by atoms with Crippen LogP contribution < -0.4 is 9.62 Å². The topological polar surface area (TPSA) is 86.8 Å². The minimum absolute atomic E-state index is 0.0481. The van der Waals surface area contributed by atoms with Crippen LogP contribution in [-0.2, 0) is 32.6 Å². The maximum atomic E-state index is 14.2. The Morgan fingerprint density at radius 2 is 1.61 bits per heavy atom. The largest absolute Gasteiger partial charge is 0.354 e. The molecule has 0 saturated heterocycles. The predicted molar refractivity (Wildman–Crippen MR) is 167 cm³/mol. The van der Waals surface area contributed by atoms with E-state index in [1.54, 1.807) is 43.3 Å². The summed E-state index contributed by atoms with van der Waals surface area (Å²) in [5, 5.41) is 4.05. The van der Waals surface area contributed by atoms with E-state index in [2.05, 4.69) is 5.32 Å². The summed E-state index contributed by atoms with van der Waals surface area (Å²) >= 11 is 18.9. The van der Waals surface area contributed by atoms with Crippen LogP contribution in [-0.4, -0.2) is 50.5 Å². The number of amides is 2. The average Bonchev–Trinajstić information content (AvgIpc) is 2.90. The molecular formula is C30H34Cl3N3O4S. The first-order valence-electron chi connectivity index (χ1n) is 13.1. The third-order valence-electron chi connectivity index (χ3n) is 6.50. The Hall–Kier alpha value is -2.78. The fraction of sp³-hybridized carbons (Fsp3) is 0.333. The van der Waals surface area contributed by atoms with Crippen molar-refractivity contribution >= 4 is 62.3 Å². The second-order valence-electron chi connectivity index (χ2n) is 10.3. The number of carbonyl (C=O) groups excluding carboxylic acids is 2. The van der Waals surface area contributed by atoms with Crippen LogP contribution in [0.15, 0.2) is 66.7 Å². The molecule has 0 heterocycles. The zero-order valence-electron chi connectivity index (χ0n) is 23.4. The smallest absolute Gasteiger partial charge is 0.244 e. The minimum Gasteiger partial charge on any atom is -0.354 e. The lowest BCUT2D eigenvalue weighted by Gasteiger charge is -2.34. The fourth-order valence-corrected chi connectivity index (χ4v) is 5.81. The van der Waals surface area contributed by atoms with Gasteiger partial charge in [0.05, 0.1) is 11.9 Å². The maximum Gasteiger partial charge on any atom is 0.244 e. The number of halogens is 3. The molecule has 1 atom stereocenters. The van der Waals surface area contributed by atoms with Gasteiger partial charge in [-0.25, -0.2) is 8.42 Å². The Morgan fingerprint density at radius 1 is 0.927 bits per heavy atom. The number of nitrogens with one attached hydrogen (secondary N) is 1. The minimum atomic E-state index is -3.92. The summed E-state index contributed by atoms with van der Waals surface area (Å²) in [5.74, 6) is -0.759. The van der Waals surface area contributed by atoms with E-state index in [0.717, 1.165) is 16.1 Å². The summed E-state index contributed by atoms with van der Waals surface area (Å²) in [4.78, 5) is 29.2. The molecule has 0 aliphatic carbocycles. The Balaban J connectivity index is 2.10. The molecule has 0 aliphatic rings. The van der Waals surface area contributed by atoms with Crippen molar-refractivity contribution in [2.75, 3.05) is 23.7 Å². The van der Waals surface area contributed by atoms with Crippen molar-refractivity contribution in [2.24, 2.45) is 5.92 Å². The first kappa shape index (κ1) is 32.7. The van der Waals surface area contributed by atoms with Gasteiger partial charge in [-0.3, -0.25) is 13.9 Å². The molecule has 0 aromatic heterocycles. The molecule has 0 aliphatic heterocycles. The molecule has 3 aromatic carbocycles. The molecule has 0 saturated carbocycles. The predicted octanol–water partition coefficient (Wildman–Crippen LogP) is 6.13. The van der Waals surface area contributed by atoms with Gasteiger partial charge in [0.15, 0.2) is 0 Å². The molecule has 0 radical (unpaired) electrons. The highest BCUT2D eigenvalue weighted by molar-refractivity contribution is 7.92. The van der Waals surface area contributed by atoms with Crippen LogP contribution in [0.1, 0.15) is 30.5 Å². The van der Waals surface area contributed by atoms with Crippen LogP contribution in [0.25, 0.3) is 0 Å². The second-order valence-corrected chi connectivity index (χ2v) is 13.4. The third-order valence-corrected chi connectivity index (χ3v) is 8.62. The highest BCUT2D eigenvalue weighted by Crippen LogP contribution is 2.29. The van der Waals surface area contributed by atoms with Crippen LogP contribution in [0.4, 0.5) is 5.69 Å². The van der Waals surface area contributed by atoms with Gasteiger partial charge in [0.1, 0.15) is 12.6 Å². The van der Waals surface area contributed by atoms with Gasteiger partial charge in [0.25, 0.3) is 0 Å². The monoisotopic (exact) mass is 637 g/mol. The quantitative estimate of drug-likeness (QED) is 0.259. The summed E-state index contributed by atoms with van der Waals surface area (Å²) in [6, 6.07) is 18.1. The number of hydrogen-bond donors (Lipinski definition) is 1. The molecule has 3 aromatic rings. The SMILES string of the molecule is Cc1c(Cl)cccc1N(CC(=O)N(Cc1ccc(Cl)cc1Cl)[C@H](Cc1ccccc1)C(=O)NCC(C)C)S(C)(=O)=O. The normalized spacial score (nSPS) is 12.2. The number of sulfonamides is 1. The molecule has 0 spiro atoms. The molecule has 2 amide bonds. The van der Waals surface area contributed by atoms with Gasteiger partial charge in [-0.15, -0.1) is 0 Å². The van der Waals surface area contributed by atoms with Crippen LogP contribution in [0.5, 0.6) is 0 Å². The van der Waals surface area contributed by atoms with Gasteiger partial charge in [-0.2, -0.15) is 0 Å². The van der Waals surface area contributed by atoms with E-state index in [-0.39, 0.29) is 30.5 Å². The lowest BCUT2D eigenvalue weighted by atomic mass is 10.0. The molecule has 3 rings (SSSR count). The van der Waals surface area contributed by atoms with Gasteiger partial charge in [0.2, 0.25) is 21.8 Å². The van der Waals surface area contributed by atoms with Crippen molar-refractivity contribution in [3.8, 4) is 0 Å². The van der Waals surface area contributed by atoms with E-state index in [1.165, 1.54) is 4.90 Å². The van der Waals surface area contributed by atoms with Crippen molar-refractivity contribution in [1.82, 2.24) is 10.2 Å². The lowest BCUT2D eigenvalue weighted by molar-refractivity contribution is -0.140.